The Labute approximate surface area is 113 Å². The number of ether oxygens (including phenoxy) is 2. The highest BCUT2D eigenvalue weighted by molar-refractivity contribution is 7.85. The molecule has 0 unspecified atom stereocenters. The molecular weight excluding hydrogens is 292 g/mol. The first-order valence-electron chi connectivity index (χ1n) is 5.82. The molecule has 9 nitrogen and oxygen atoms in total. The number of rotatable bonds is 4. The Kier molecular flexibility index (Phi) is 3.05. The van der Waals surface area contributed by atoms with Gasteiger partial charge in [-0.15, -0.1) is 0 Å². The first-order chi connectivity index (χ1) is 9.35. The normalized spacial score (nSPS) is 32.0. The summed E-state index contributed by atoms with van der Waals surface area (Å²) in [5, 5.41) is 0. The summed E-state index contributed by atoms with van der Waals surface area (Å²) in [5.74, 6) is 0. The van der Waals surface area contributed by atoms with E-state index in [0.29, 0.717) is 0 Å². The Morgan fingerprint density at radius 2 is 2.10 bits per heavy atom. The lowest BCUT2D eigenvalue weighted by atomic mass is 10.2. The molecule has 1 aromatic rings. The van der Waals surface area contributed by atoms with Crippen LogP contribution in [-0.4, -0.2) is 49.1 Å². The highest BCUT2D eigenvalue weighted by Gasteiger charge is 2.59. The predicted molar refractivity (Wildman–Crippen MR) is 64.7 cm³/mol. The van der Waals surface area contributed by atoms with Gasteiger partial charge in [-0.25, -0.2) is 4.79 Å². The topological polar surface area (TPSA) is 120 Å². The van der Waals surface area contributed by atoms with E-state index < -0.39 is 33.7 Å². The number of aromatic amines is 1. The number of hydrogen-bond donors (Lipinski definition) is 1. The zero-order chi connectivity index (χ0) is 14.5. The van der Waals surface area contributed by atoms with Gasteiger partial charge in [0.2, 0.25) is 0 Å². The second kappa shape index (κ2) is 4.52. The molecular formula is C10H12N2O7S. The van der Waals surface area contributed by atoms with E-state index in [0.717, 1.165) is 6.26 Å². The molecule has 0 bridgehead atoms. The van der Waals surface area contributed by atoms with Crippen LogP contribution in [0.1, 0.15) is 6.23 Å². The van der Waals surface area contributed by atoms with Crippen LogP contribution in [0.3, 0.4) is 0 Å². The van der Waals surface area contributed by atoms with Crippen molar-refractivity contribution in [2.75, 3.05) is 12.9 Å². The fraction of sp³-hybridized carbons (Fsp3) is 0.600. The third-order valence-electron chi connectivity index (χ3n) is 3.09. The molecule has 0 radical (unpaired) electrons. The van der Waals surface area contributed by atoms with Gasteiger partial charge in [0.25, 0.3) is 15.7 Å². The molecule has 0 aromatic carbocycles. The number of aromatic nitrogens is 2. The minimum absolute atomic E-state index is 0.172. The number of epoxide rings is 1. The maximum Gasteiger partial charge on any atom is 0.330 e. The minimum atomic E-state index is -3.56. The molecule has 2 aliphatic rings. The Hall–Kier alpha value is -1.49. The van der Waals surface area contributed by atoms with Gasteiger partial charge >= 0.3 is 5.69 Å². The molecule has 4 atom stereocenters. The second-order valence-corrected chi connectivity index (χ2v) is 6.28. The van der Waals surface area contributed by atoms with Crippen molar-refractivity contribution < 1.29 is 22.1 Å². The van der Waals surface area contributed by atoms with Gasteiger partial charge < -0.3 is 9.47 Å². The average Bonchev–Trinajstić information content (AvgIpc) is 3.03. The van der Waals surface area contributed by atoms with Crippen LogP contribution in [0.25, 0.3) is 0 Å². The first kappa shape index (κ1) is 13.5. The van der Waals surface area contributed by atoms with E-state index in [1.165, 1.54) is 16.8 Å². The van der Waals surface area contributed by atoms with Crippen molar-refractivity contribution in [2.24, 2.45) is 0 Å². The van der Waals surface area contributed by atoms with Crippen molar-refractivity contribution in [1.29, 1.82) is 0 Å². The van der Waals surface area contributed by atoms with Gasteiger partial charge in [-0.05, 0) is 0 Å². The summed E-state index contributed by atoms with van der Waals surface area (Å²) in [5.41, 5.74) is -1.11. The van der Waals surface area contributed by atoms with E-state index in [2.05, 4.69) is 9.17 Å². The summed E-state index contributed by atoms with van der Waals surface area (Å²) in [6.07, 6.45) is 0.338. The molecule has 0 spiro atoms. The van der Waals surface area contributed by atoms with Gasteiger partial charge in [-0.2, -0.15) is 8.42 Å². The monoisotopic (exact) mass is 304 g/mol. The Morgan fingerprint density at radius 1 is 1.35 bits per heavy atom. The number of H-pyrrole nitrogens is 1. The van der Waals surface area contributed by atoms with Gasteiger partial charge in [0, 0.05) is 12.3 Å². The van der Waals surface area contributed by atoms with E-state index in [9.17, 15) is 18.0 Å². The highest BCUT2D eigenvalue weighted by atomic mass is 32.2. The van der Waals surface area contributed by atoms with Crippen LogP contribution in [0.15, 0.2) is 21.9 Å². The van der Waals surface area contributed by atoms with Gasteiger partial charge in [-0.1, -0.05) is 0 Å². The standard InChI is InChI=1S/C10H12N2O7S/c1-20(15,16)17-4-5-7-8(19-7)9(18-5)12-3-2-6(13)11-10(12)14/h2-3,5,7-9H,4H2,1H3,(H,11,13,14)/t5-,7-,8-,9-/m1/s1. The Bertz CT molecular complexity index is 736. The van der Waals surface area contributed by atoms with Crippen molar-refractivity contribution >= 4 is 10.1 Å². The third kappa shape index (κ3) is 2.54. The van der Waals surface area contributed by atoms with Crippen LogP contribution in [0.5, 0.6) is 0 Å². The van der Waals surface area contributed by atoms with Crippen LogP contribution < -0.4 is 11.2 Å². The molecule has 0 aliphatic carbocycles. The number of fused-ring (bicyclic) bond motifs is 1. The predicted octanol–water partition coefficient (Wildman–Crippen LogP) is -1.82. The lowest BCUT2D eigenvalue weighted by Gasteiger charge is -2.18. The Balaban J connectivity index is 1.75. The maximum absolute atomic E-state index is 11.7. The van der Waals surface area contributed by atoms with Crippen molar-refractivity contribution in [2.45, 2.75) is 24.5 Å². The third-order valence-corrected chi connectivity index (χ3v) is 3.66. The van der Waals surface area contributed by atoms with Crippen LogP contribution in [0.4, 0.5) is 0 Å². The largest absolute Gasteiger partial charge is 0.362 e. The maximum atomic E-state index is 11.7. The Morgan fingerprint density at radius 3 is 2.75 bits per heavy atom. The average molecular weight is 304 g/mol. The molecule has 2 saturated heterocycles. The number of nitrogens with zero attached hydrogens (tertiary/aromatic N) is 1. The van der Waals surface area contributed by atoms with E-state index in [1.54, 1.807) is 0 Å². The molecule has 2 aliphatic heterocycles. The number of hydrogen-bond acceptors (Lipinski definition) is 7. The van der Waals surface area contributed by atoms with Gasteiger partial charge in [0.1, 0.15) is 18.3 Å². The molecule has 2 fully saturated rings. The van der Waals surface area contributed by atoms with Crippen LogP contribution in [-0.2, 0) is 23.8 Å². The summed E-state index contributed by atoms with van der Waals surface area (Å²) >= 11 is 0. The zero-order valence-corrected chi connectivity index (χ0v) is 11.2. The van der Waals surface area contributed by atoms with E-state index >= 15 is 0 Å². The summed E-state index contributed by atoms with van der Waals surface area (Å²) < 4.78 is 38.6. The van der Waals surface area contributed by atoms with Crippen LogP contribution >= 0.6 is 0 Å². The molecule has 1 aromatic heterocycles. The van der Waals surface area contributed by atoms with E-state index in [-0.39, 0.29) is 18.8 Å². The van der Waals surface area contributed by atoms with Gasteiger partial charge in [0.15, 0.2) is 6.23 Å². The lowest BCUT2D eigenvalue weighted by molar-refractivity contribution is -0.0814. The molecule has 20 heavy (non-hydrogen) atoms. The molecule has 0 amide bonds. The molecule has 3 heterocycles. The number of nitrogens with one attached hydrogen (secondary N) is 1. The fourth-order valence-corrected chi connectivity index (χ4v) is 2.56. The fourth-order valence-electron chi connectivity index (χ4n) is 2.18. The molecule has 110 valence electrons. The molecule has 3 rings (SSSR count). The minimum Gasteiger partial charge on any atom is -0.362 e. The first-order valence-corrected chi connectivity index (χ1v) is 7.63. The second-order valence-electron chi connectivity index (χ2n) is 4.64. The highest BCUT2D eigenvalue weighted by Crippen LogP contribution is 2.44. The summed E-state index contributed by atoms with van der Waals surface area (Å²) in [6.45, 7) is -0.172. The van der Waals surface area contributed by atoms with Gasteiger partial charge in [0.05, 0.1) is 12.9 Å². The van der Waals surface area contributed by atoms with Crippen molar-refractivity contribution in [3.8, 4) is 0 Å². The summed E-state index contributed by atoms with van der Waals surface area (Å²) in [4.78, 5) is 24.8. The van der Waals surface area contributed by atoms with Crippen LogP contribution in [0.2, 0.25) is 0 Å². The van der Waals surface area contributed by atoms with Gasteiger partial charge in [-0.3, -0.25) is 18.5 Å². The van der Waals surface area contributed by atoms with E-state index in [4.69, 9.17) is 9.47 Å². The lowest BCUT2D eigenvalue weighted by Crippen LogP contribution is -2.34. The molecule has 10 heteroatoms. The van der Waals surface area contributed by atoms with Crippen molar-refractivity contribution in [3.05, 3.63) is 33.1 Å². The van der Waals surface area contributed by atoms with Crippen molar-refractivity contribution in [3.63, 3.8) is 0 Å². The van der Waals surface area contributed by atoms with Crippen LogP contribution in [0, 0.1) is 0 Å². The smallest absolute Gasteiger partial charge is 0.330 e. The molecule has 0 saturated carbocycles. The molecule has 1 N–H and O–H groups in total. The summed E-state index contributed by atoms with van der Waals surface area (Å²) in [7, 11) is -3.56. The van der Waals surface area contributed by atoms with E-state index in [1.807, 2.05) is 0 Å². The van der Waals surface area contributed by atoms with Crippen molar-refractivity contribution in [1.82, 2.24) is 9.55 Å². The summed E-state index contributed by atoms with van der Waals surface area (Å²) in [6, 6.07) is 1.20. The SMILES string of the molecule is CS(=O)(=O)OC[C@H]1O[C@@H](n2ccc(=O)[nH]c2=O)[C@@H]2O[C@@H]21. The zero-order valence-electron chi connectivity index (χ0n) is 10.4. The quantitative estimate of drug-likeness (QED) is 0.513.